The van der Waals surface area contributed by atoms with Crippen LogP contribution in [0.5, 0.6) is 0 Å². The summed E-state index contributed by atoms with van der Waals surface area (Å²) in [6.07, 6.45) is 0.418. The molecule has 1 N–H and O–H groups in total. The highest BCUT2D eigenvalue weighted by molar-refractivity contribution is 6.76. The van der Waals surface area contributed by atoms with Crippen LogP contribution >= 0.6 is 34.8 Å². The summed E-state index contributed by atoms with van der Waals surface area (Å²) in [6.45, 7) is 3.57. The first-order chi connectivity index (χ1) is 9.27. The van der Waals surface area contributed by atoms with Gasteiger partial charge in [-0.15, -0.1) is 0 Å². The highest BCUT2D eigenvalue weighted by Gasteiger charge is 2.34. The van der Waals surface area contributed by atoms with E-state index < -0.39 is 21.8 Å². The molecule has 0 saturated carbocycles. The van der Waals surface area contributed by atoms with E-state index in [0.29, 0.717) is 5.69 Å². The molecular weight excluding hydrogens is 327 g/mol. The fourth-order valence-corrected chi connectivity index (χ4v) is 1.40. The van der Waals surface area contributed by atoms with Crippen LogP contribution in [0.1, 0.15) is 11.8 Å². The molecule has 1 rings (SSSR count). The molecule has 20 heavy (non-hydrogen) atoms. The maximum absolute atomic E-state index is 11.6. The molecule has 0 fully saturated rings. The van der Waals surface area contributed by atoms with E-state index in [1.54, 1.807) is 18.2 Å². The molecule has 5 nitrogen and oxygen atoms in total. The highest BCUT2D eigenvalue weighted by atomic mass is 35.6. The number of carbonyl (C=O) groups excluding carboxylic acids is 1. The van der Waals surface area contributed by atoms with Gasteiger partial charge in [-0.05, 0) is 12.1 Å². The molecule has 1 aromatic heterocycles. The summed E-state index contributed by atoms with van der Waals surface area (Å²) in [5.41, 5.74) is 0.270. The van der Waals surface area contributed by atoms with Gasteiger partial charge in [0.25, 0.3) is 3.79 Å². The van der Waals surface area contributed by atoms with Gasteiger partial charge in [0.1, 0.15) is 0 Å². The van der Waals surface area contributed by atoms with Crippen LogP contribution in [0.4, 0.5) is 0 Å². The summed E-state index contributed by atoms with van der Waals surface area (Å²) in [4.78, 5) is 15.6. The number of nitrogens with one attached hydrogen (secondary N) is 1. The molecule has 1 heterocycles. The van der Waals surface area contributed by atoms with Crippen LogP contribution in [-0.4, -0.2) is 27.8 Å². The molecule has 0 aliphatic rings. The lowest BCUT2D eigenvalue weighted by Gasteiger charge is -2.22. The number of nitrogens with zero attached hydrogens (tertiary/aromatic N) is 1. The van der Waals surface area contributed by atoms with Crippen LogP contribution in [0, 0.1) is 5.41 Å². The molecule has 1 atom stereocenters. The van der Waals surface area contributed by atoms with Gasteiger partial charge in [0.05, 0.1) is 18.4 Å². The van der Waals surface area contributed by atoms with Crippen molar-refractivity contribution in [2.24, 2.45) is 0 Å². The number of halogens is 3. The number of aromatic nitrogens is 1. The summed E-state index contributed by atoms with van der Waals surface area (Å²) in [6, 6.07) is 4.95. The molecule has 0 bridgehead atoms. The predicted molar refractivity (Wildman–Crippen MR) is 77.2 cm³/mol. The van der Waals surface area contributed by atoms with Crippen LogP contribution < -0.4 is 0 Å². The van der Waals surface area contributed by atoms with Crippen molar-refractivity contribution < 1.29 is 14.3 Å². The van der Waals surface area contributed by atoms with Crippen molar-refractivity contribution in [2.45, 2.75) is 9.90 Å². The molecule has 1 unspecified atom stereocenters. The van der Waals surface area contributed by atoms with Crippen molar-refractivity contribution in [3.8, 4) is 0 Å². The number of carbonyl (C=O) groups is 1. The molecule has 0 spiro atoms. The van der Waals surface area contributed by atoms with Crippen molar-refractivity contribution in [1.82, 2.24) is 4.98 Å². The monoisotopic (exact) mass is 336 g/mol. The van der Waals surface area contributed by atoms with Crippen molar-refractivity contribution in [1.29, 1.82) is 5.41 Å². The normalized spacial score (nSPS) is 12.4. The Kier molecular flexibility index (Phi) is 5.80. The molecule has 1 aromatic rings. The third kappa shape index (κ3) is 4.37. The second kappa shape index (κ2) is 6.92. The lowest BCUT2D eigenvalue weighted by Crippen LogP contribution is -2.26. The first kappa shape index (κ1) is 16.8. The SMILES string of the molecule is C=C(C(=O)OC)C(OC(=N)C(Cl)(Cl)Cl)c1ccccn1. The Bertz CT molecular complexity index is 514. The number of hydrogen-bond donors (Lipinski definition) is 1. The van der Waals surface area contributed by atoms with Gasteiger partial charge in [0.15, 0.2) is 6.10 Å². The van der Waals surface area contributed by atoms with Gasteiger partial charge in [0.2, 0.25) is 5.90 Å². The standard InChI is InChI=1S/C12H11Cl3N2O3/c1-7(10(18)19-2)9(8-5-3-4-6-17-8)20-11(16)12(13,14)15/h3-6,9,16H,1H2,2H3. The van der Waals surface area contributed by atoms with Gasteiger partial charge in [-0.3, -0.25) is 10.4 Å². The zero-order chi connectivity index (χ0) is 15.3. The Balaban J connectivity index is 3.06. The Morgan fingerprint density at radius 1 is 1.45 bits per heavy atom. The van der Waals surface area contributed by atoms with Crippen LogP contribution in [0.25, 0.3) is 0 Å². The first-order valence-corrected chi connectivity index (χ1v) is 6.41. The largest absolute Gasteiger partial charge is 0.466 e. The van der Waals surface area contributed by atoms with E-state index in [2.05, 4.69) is 16.3 Å². The van der Waals surface area contributed by atoms with Gasteiger partial charge in [-0.1, -0.05) is 47.4 Å². The van der Waals surface area contributed by atoms with E-state index >= 15 is 0 Å². The van der Waals surface area contributed by atoms with Crippen molar-refractivity contribution in [3.63, 3.8) is 0 Å². The fraction of sp³-hybridized carbons (Fsp3) is 0.250. The molecular formula is C12H11Cl3N2O3. The average molecular weight is 338 g/mol. The number of ether oxygens (including phenoxy) is 2. The summed E-state index contributed by atoms with van der Waals surface area (Å²) in [7, 11) is 1.20. The zero-order valence-corrected chi connectivity index (χ0v) is 12.7. The zero-order valence-electron chi connectivity index (χ0n) is 10.4. The van der Waals surface area contributed by atoms with E-state index in [0.717, 1.165) is 0 Å². The third-order valence-electron chi connectivity index (χ3n) is 2.21. The Hall–Kier alpha value is -1.30. The maximum atomic E-state index is 11.6. The summed E-state index contributed by atoms with van der Waals surface area (Å²) in [5.74, 6) is -1.36. The van der Waals surface area contributed by atoms with Gasteiger partial charge in [-0.2, -0.15) is 0 Å². The molecule has 0 saturated heterocycles. The Labute approximate surface area is 130 Å². The van der Waals surface area contributed by atoms with Crippen LogP contribution in [0.2, 0.25) is 0 Å². The highest BCUT2D eigenvalue weighted by Crippen LogP contribution is 2.32. The fourth-order valence-electron chi connectivity index (χ4n) is 1.26. The molecule has 0 aliphatic heterocycles. The topological polar surface area (TPSA) is 72.3 Å². The second-order valence-electron chi connectivity index (χ2n) is 3.60. The van der Waals surface area contributed by atoms with Crippen LogP contribution in [0.15, 0.2) is 36.5 Å². The number of methoxy groups -OCH3 is 1. The number of alkyl halides is 3. The van der Waals surface area contributed by atoms with Gasteiger partial charge in [-0.25, -0.2) is 4.79 Å². The van der Waals surface area contributed by atoms with E-state index in [4.69, 9.17) is 44.9 Å². The van der Waals surface area contributed by atoms with E-state index in [1.807, 2.05) is 0 Å². The quantitative estimate of drug-likeness (QED) is 0.301. The van der Waals surface area contributed by atoms with Crippen LogP contribution in [-0.2, 0) is 14.3 Å². The van der Waals surface area contributed by atoms with E-state index in [-0.39, 0.29) is 5.57 Å². The smallest absolute Gasteiger partial charge is 0.337 e. The van der Waals surface area contributed by atoms with Crippen molar-refractivity contribution in [2.75, 3.05) is 7.11 Å². The predicted octanol–water partition coefficient (Wildman–Crippen LogP) is 3.22. The summed E-state index contributed by atoms with van der Waals surface area (Å²) < 4.78 is 7.72. The molecule has 8 heteroatoms. The van der Waals surface area contributed by atoms with Gasteiger partial charge < -0.3 is 9.47 Å². The Morgan fingerprint density at radius 2 is 2.10 bits per heavy atom. The molecule has 0 radical (unpaired) electrons. The average Bonchev–Trinajstić information content (AvgIpc) is 2.42. The van der Waals surface area contributed by atoms with Gasteiger partial charge in [0, 0.05) is 6.20 Å². The van der Waals surface area contributed by atoms with E-state index in [1.165, 1.54) is 13.3 Å². The summed E-state index contributed by atoms with van der Waals surface area (Å²) in [5, 5.41) is 7.57. The molecule has 0 aliphatic carbocycles. The minimum absolute atomic E-state index is 0.0646. The third-order valence-corrected chi connectivity index (χ3v) is 2.73. The molecule has 0 amide bonds. The number of hydrogen-bond acceptors (Lipinski definition) is 5. The summed E-state index contributed by atoms with van der Waals surface area (Å²) >= 11 is 16.6. The molecule has 0 aromatic carbocycles. The van der Waals surface area contributed by atoms with Crippen molar-refractivity contribution >= 4 is 46.7 Å². The molecule has 108 valence electrons. The number of rotatable bonds is 4. The number of pyridine rings is 1. The van der Waals surface area contributed by atoms with E-state index in [9.17, 15) is 4.79 Å². The lowest BCUT2D eigenvalue weighted by atomic mass is 10.1. The minimum Gasteiger partial charge on any atom is -0.466 e. The number of esters is 1. The second-order valence-corrected chi connectivity index (χ2v) is 5.88. The van der Waals surface area contributed by atoms with Crippen molar-refractivity contribution in [3.05, 3.63) is 42.2 Å². The van der Waals surface area contributed by atoms with Gasteiger partial charge >= 0.3 is 5.97 Å². The maximum Gasteiger partial charge on any atom is 0.337 e. The lowest BCUT2D eigenvalue weighted by molar-refractivity contribution is -0.137. The first-order valence-electron chi connectivity index (χ1n) is 5.27. The minimum atomic E-state index is -2.05. The van der Waals surface area contributed by atoms with Crippen LogP contribution in [0.3, 0.4) is 0 Å². The Morgan fingerprint density at radius 3 is 2.55 bits per heavy atom.